The summed E-state index contributed by atoms with van der Waals surface area (Å²) < 4.78 is 8.36. The van der Waals surface area contributed by atoms with Crippen molar-refractivity contribution in [1.29, 1.82) is 0 Å². The molecule has 21 valence electrons. The zero-order valence-corrected chi connectivity index (χ0v) is 10.6. The van der Waals surface area contributed by atoms with Crippen molar-refractivity contribution < 1.29 is 47.6 Å². The first-order chi connectivity index (χ1) is 1.00. The normalized spacial score (nSPS) is 1.00. The van der Waals surface area contributed by atoms with Crippen LogP contribution in [0.25, 0.3) is 0 Å². The number of rotatable bonds is 0. The summed E-state index contributed by atoms with van der Waals surface area (Å²) in [7, 11) is 0. The minimum atomic E-state index is 0. The van der Waals surface area contributed by atoms with Gasteiger partial charge < -0.3 is 0 Å². The number of hydrogen-bond donors (Lipinski definition) is 0. The first-order valence-corrected chi connectivity index (χ1v) is 1.60. The largest absolute Gasteiger partial charge is 0 e. The standard InChI is InChI=1S/Bi.Nb.O.Ta. The first-order valence-electron chi connectivity index (χ1n) is 0.183. The van der Waals surface area contributed by atoms with Crippen LogP contribution in [0.1, 0.15) is 0 Å². The van der Waals surface area contributed by atoms with E-state index in [2.05, 4.69) is 0 Å². The van der Waals surface area contributed by atoms with Crippen molar-refractivity contribution in [2.75, 3.05) is 0 Å². The Hall–Kier alpha value is 2.16. The minimum Gasteiger partial charge on any atom is 0 e. The van der Waals surface area contributed by atoms with Crippen LogP contribution in [-0.4, -0.2) is 24.7 Å². The summed E-state index contributed by atoms with van der Waals surface area (Å²) in [6.07, 6.45) is 0. The van der Waals surface area contributed by atoms with Gasteiger partial charge >= 0.3 is 27.5 Å². The summed E-state index contributed by atoms with van der Waals surface area (Å²) in [5, 5.41) is 0. The quantitative estimate of drug-likeness (QED) is 0.412. The van der Waals surface area contributed by atoms with E-state index in [-0.39, 0.29) is 69.5 Å². The predicted molar refractivity (Wildman–Crippen MR) is 6.44 cm³/mol. The van der Waals surface area contributed by atoms with Crippen molar-refractivity contribution in [2.45, 2.75) is 0 Å². The Morgan fingerprint density at radius 1 is 1.25 bits per heavy atom. The van der Waals surface area contributed by atoms with Gasteiger partial charge in [-0.05, 0) is 0 Å². The molecule has 0 spiro atoms. The second kappa shape index (κ2) is 19.1. The van der Waals surface area contributed by atoms with Crippen LogP contribution in [0.15, 0.2) is 0 Å². The fourth-order valence-electron chi connectivity index (χ4n) is 0. The molecule has 0 aromatic rings. The smallest absolute Gasteiger partial charge is 0 e. The zero-order valence-electron chi connectivity index (χ0n) is 1.75. The molecule has 4 heteroatoms. The summed E-state index contributed by atoms with van der Waals surface area (Å²) in [4.78, 5) is 0. The molecule has 0 saturated carbocycles. The summed E-state index contributed by atoms with van der Waals surface area (Å²) in [6.45, 7) is 0. The first kappa shape index (κ1) is 16.4. The Labute approximate surface area is 71.2 Å². The molecule has 0 saturated heterocycles. The van der Waals surface area contributed by atoms with E-state index in [1.54, 1.807) is 0 Å². The summed E-state index contributed by atoms with van der Waals surface area (Å²) >= 11 is 0.194. The molecule has 0 bridgehead atoms. The van der Waals surface area contributed by atoms with Gasteiger partial charge in [0, 0.05) is 44.8 Å². The van der Waals surface area contributed by atoms with Gasteiger partial charge in [-0.15, -0.1) is 0 Å². The van der Waals surface area contributed by atoms with Crippen LogP contribution in [0.4, 0.5) is 0 Å². The van der Waals surface area contributed by atoms with Crippen molar-refractivity contribution in [3.05, 3.63) is 0 Å². The van der Waals surface area contributed by atoms with Crippen LogP contribution >= 0.6 is 0 Å². The van der Waals surface area contributed by atoms with Crippen molar-refractivity contribution in [3.63, 3.8) is 0 Å². The maximum absolute atomic E-state index is 8.36. The third-order valence-electron chi connectivity index (χ3n) is 0. The molecule has 0 atom stereocenters. The van der Waals surface area contributed by atoms with Crippen molar-refractivity contribution in [1.82, 2.24) is 0 Å². The average Bonchev–Trinajstić information content (AvgIpc) is 1.00. The second-order valence-corrected chi connectivity index (χ2v) is 0. The topological polar surface area (TPSA) is 17.1 Å². The van der Waals surface area contributed by atoms with Gasteiger partial charge in [-0.25, -0.2) is 0 Å². The molecular formula is BiNbOTa. The maximum atomic E-state index is 8.36. The van der Waals surface area contributed by atoms with E-state index >= 15 is 0 Å². The van der Waals surface area contributed by atoms with Gasteiger partial charge in [-0.2, -0.15) is 0 Å². The molecule has 0 fully saturated rings. The molecule has 0 aliphatic carbocycles. The molecule has 1 nitrogen and oxygen atoms in total. The second-order valence-electron chi connectivity index (χ2n) is 0. The van der Waals surface area contributed by atoms with Gasteiger partial charge in [0.15, 0.2) is 0 Å². The van der Waals surface area contributed by atoms with Crippen LogP contribution in [0.2, 0.25) is 0 Å². The molecule has 0 aromatic heterocycles. The van der Waals surface area contributed by atoms with E-state index < -0.39 is 0 Å². The van der Waals surface area contributed by atoms with E-state index in [0.29, 0.717) is 0 Å². The Morgan fingerprint density at radius 3 is 1.25 bits per heavy atom. The van der Waals surface area contributed by atoms with Crippen LogP contribution in [-0.2, 0) is 47.6 Å². The van der Waals surface area contributed by atoms with Crippen LogP contribution in [0, 0.1) is 0 Å². The van der Waals surface area contributed by atoms with Crippen LogP contribution < -0.4 is 0 Å². The van der Waals surface area contributed by atoms with Crippen LogP contribution in [0.3, 0.4) is 0 Å². The summed E-state index contributed by atoms with van der Waals surface area (Å²) in [6, 6.07) is 0. The molecule has 3 radical (unpaired) electrons. The van der Waals surface area contributed by atoms with Gasteiger partial charge in [0.25, 0.3) is 0 Å². The van der Waals surface area contributed by atoms with E-state index in [0.717, 1.165) is 0 Å². The predicted octanol–water partition coefficient (Wildman–Crippen LogP) is -0.505. The van der Waals surface area contributed by atoms with Crippen molar-refractivity contribution in [2.24, 2.45) is 0 Å². The third kappa shape index (κ3) is 8.90. The van der Waals surface area contributed by atoms with E-state index in [9.17, 15) is 0 Å². The van der Waals surface area contributed by atoms with Gasteiger partial charge in [-0.1, -0.05) is 0 Å². The summed E-state index contributed by atoms with van der Waals surface area (Å²) in [5.41, 5.74) is 0. The van der Waals surface area contributed by atoms with E-state index in [4.69, 9.17) is 2.81 Å². The van der Waals surface area contributed by atoms with Gasteiger partial charge in [0.05, 0.1) is 0 Å². The van der Waals surface area contributed by atoms with Crippen molar-refractivity contribution in [3.8, 4) is 0 Å². The van der Waals surface area contributed by atoms with Crippen molar-refractivity contribution >= 4 is 24.7 Å². The molecule has 0 heterocycles. The van der Waals surface area contributed by atoms with Crippen LogP contribution in [0.5, 0.6) is 0 Å². The Balaban J connectivity index is -0.00000000500. The third-order valence-corrected chi connectivity index (χ3v) is 0. The van der Waals surface area contributed by atoms with Gasteiger partial charge in [0.1, 0.15) is 0 Å². The molecular weight excluding hydrogens is 499 g/mol. The van der Waals surface area contributed by atoms with Gasteiger partial charge in [0.2, 0.25) is 0 Å². The molecule has 0 rings (SSSR count). The molecule has 0 unspecified atom stereocenters. The summed E-state index contributed by atoms with van der Waals surface area (Å²) in [5.74, 6) is 0. The monoisotopic (exact) mass is 499 g/mol. The minimum absolute atomic E-state index is 0. The Bertz CT molecular complexity index is 8.00. The van der Waals surface area contributed by atoms with E-state index in [1.165, 1.54) is 0 Å². The molecule has 0 aliphatic rings. The molecule has 0 aliphatic heterocycles. The fourth-order valence-corrected chi connectivity index (χ4v) is 0. The fraction of sp³-hybridized carbons (Fsp3) is 0. The van der Waals surface area contributed by atoms with Gasteiger partial charge in [-0.3, -0.25) is 0 Å². The molecule has 0 amide bonds. The zero-order chi connectivity index (χ0) is 2.00. The average molecular weight is 499 g/mol. The molecule has 4 heavy (non-hydrogen) atoms. The molecule has 0 aromatic carbocycles. The number of hydrogen-bond acceptors (Lipinski definition) is 1. The Morgan fingerprint density at radius 2 is 1.25 bits per heavy atom. The molecule has 0 N–H and O–H groups in total. The SMILES string of the molecule is [Nb].[O]=[Bi].[Ta]. The van der Waals surface area contributed by atoms with E-state index in [1.807, 2.05) is 0 Å². The Kier molecular flexibility index (Phi) is 78.5. The maximum Gasteiger partial charge on any atom is 0 e.